The van der Waals surface area contributed by atoms with Crippen molar-refractivity contribution >= 4 is 0 Å². The average Bonchev–Trinajstić information content (AvgIpc) is 2.83. The topological polar surface area (TPSA) is 15.8 Å². The Balaban J connectivity index is 2.38. The third-order valence-corrected chi connectivity index (χ3v) is 3.02. The summed E-state index contributed by atoms with van der Waals surface area (Å²) in [5.41, 5.74) is 1.04. The van der Waals surface area contributed by atoms with E-state index >= 15 is 0 Å². The van der Waals surface area contributed by atoms with E-state index in [0.29, 0.717) is 5.56 Å². The van der Waals surface area contributed by atoms with Crippen LogP contribution in [0.25, 0.3) is 0 Å². The van der Waals surface area contributed by atoms with Crippen LogP contribution < -0.4 is 0 Å². The van der Waals surface area contributed by atoms with E-state index in [-0.39, 0.29) is 5.92 Å². The summed E-state index contributed by atoms with van der Waals surface area (Å²) in [5, 5.41) is 0. The van der Waals surface area contributed by atoms with Gasteiger partial charge in [-0.3, -0.25) is 0 Å². The molecule has 1 nitrogen and oxygen atoms in total. The molecular weight excluding hydrogens is 239 g/mol. The summed E-state index contributed by atoms with van der Waals surface area (Å²) >= 11 is 0. The first kappa shape index (κ1) is 12.7. The monoisotopic (exact) mass is 253 g/mol. The van der Waals surface area contributed by atoms with Crippen molar-refractivity contribution in [3.05, 3.63) is 59.4 Å². The van der Waals surface area contributed by atoms with Gasteiger partial charge in [-0.25, -0.2) is 0 Å². The predicted octanol–water partition coefficient (Wildman–Crippen LogP) is 4.58. The van der Waals surface area contributed by atoms with Gasteiger partial charge in [0.05, 0.1) is 5.56 Å². The molecule has 2 rings (SSSR count). The molecule has 1 atom stereocenters. The number of rotatable bonds is 3. The maximum Gasteiger partial charge on any atom is 0.416 e. The Hall–Kier alpha value is -1.71. The molecule has 1 aromatic heterocycles. The van der Waals surface area contributed by atoms with Gasteiger partial charge in [-0.1, -0.05) is 25.1 Å². The van der Waals surface area contributed by atoms with Gasteiger partial charge in [0.2, 0.25) is 0 Å². The van der Waals surface area contributed by atoms with Gasteiger partial charge in [0.1, 0.15) is 0 Å². The summed E-state index contributed by atoms with van der Waals surface area (Å²) in [4.78, 5) is 3.06. The summed E-state index contributed by atoms with van der Waals surface area (Å²) in [6.07, 6.45) is -1.75. The van der Waals surface area contributed by atoms with Gasteiger partial charge in [-0.05, 0) is 30.2 Å². The quantitative estimate of drug-likeness (QED) is 0.824. The minimum atomic E-state index is -4.29. The molecule has 4 heteroatoms. The molecule has 1 aromatic carbocycles. The number of hydrogen-bond acceptors (Lipinski definition) is 0. The first-order chi connectivity index (χ1) is 8.52. The highest BCUT2D eigenvalue weighted by Crippen LogP contribution is 2.33. The lowest BCUT2D eigenvalue weighted by Gasteiger charge is -2.16. The number of nitrogens with one attached hydrogen (secondary N) is 1. The van der Waals surface area contributed by atoms with Crippen LogP contribution in [0.15, 0.2) is 42.6 Å². The number of alkyl halides is 3. The van der Waals surface area contributed by atoms with E-state index in [4.69, 9.17) is 0 Å². The smallest absolute Gasteiger partial charge is 0.364 e. The van der Waals surface area contributed by atoms with Gasteiger partial charge in [-0.2, -0.15) is 13.2 Å². The van der Waals surface area contributed by atoms with Gasteiger partial charge in [-0.15, -0.1) is 0 Å². The maximum absolute atomic E-state index is 12.7. The van der Waals surface area contributed by atoms with Crippen molar-refractivity contribution in [3.63, 3.8) is 0 Å². The van der Waals surface area contributed by atoms with E-state index in [1.165, 1.54) is 12.1 Å². The van der Waals surface area contributed by atoms with Gasteiger partial charge in [0.25, 0.3) is 0 Å². The second-order valence-corrected chi connectivity index (χ2v) is 4.21. The third-order valence-electron chi connectivity index (χ3n) is 3.02. The number of aromatic nitrogens is 1. The van der Waals surface area contributed by atoms with Crippen molar-refractivity contribution in [3.8, 4) is 0 Å². The number of halogens is 3. The standard InChI is InChI=1S/C14H14F3N/c1-2-12(13-7-4-8-18-13)10-5-3-6-11(9-10)14(15,16)17/h3-9,12,18H,2H2,1H3. The molecule has 0 aliphatic rings. The molecule has 0 aliphatic carbocycles. The zero-order chi connectivity index (χ0) is 13.2. The molecule has 0 spiro atoms. The molecular formula is C14H14F3N. The zero-order valence-corrected chi connectivity index (χ0v) is 9.96. The molecule has 1 heterocycles. The van der Waals surface area contributed by atoms with Crippen molar-refractivity contribution in [2.75, 3.05) is 0 Å². The fourth-order valence-electron chi connectivity index (χ4n) is 2.13. The van der Waals surface area contributed by atoms with Crippen LogP contribution >= 0.6 is 0 Å². The van der Waals surface area contributed by atoms with Crippen molar-refractivity contribution in [2.24, 2.45) is 0 Å². The van der Waals surface area contributed by atoms with Crippen LogP contribution in [0.2, 0.25) is 0 Å². The maximum atomic E-state index is 12.7. The van der Waals surface area contributed by atoms with Gasteiger partial charge < -0.3 is 4.98 Å². The minimum absolute atomic E-state index is 0.0256. The fraction of sp³-hybridized carbons (Fsp3) is 0.286. The molecule has 0 radical (unpaired) electrons. The van der Waals surface area contributed by atoms with Crippen LogP contribution in [-0.4, -0.2) is 4.98 Å². The first-order valence-electron chi connectivity index (χ1n) is 5.83. The van der Waals surface area contributed by atoms with Crippen LogP contribution in [0.3, 0.4) is 0 Å². The molecule has 2 aromatic rings. The highest BCUT2D eigenvalue weighted by Gasteiger charge is 2.31. The first-order valence-corrected chi connectivity index (χ1v) is 5.83. The Kier molecular flexibility index (Phi) is 3.45. The Morgan fingerprint density at radius 2 is 1.94 bits per heavy atom. The second kappa shape index (κ2) is 4.88. The van der Waals surface area contributed by atoms with E-state index in [9.17, 15) is 13.2 Å². The number of aromatic amines is 1. The third kappa shape index (κ3) is 2.58. The molecule has 0 amide bonds. The molecule has 0 bridgehead atoms. The van der Waals surface area contributed by atoms with E-state index in [2.05, 4.69) is 4.98 Å². The predicted molar refractivity (Wildman–Crippen MR) is 64.4 cm³/mol. The molecule has 0 aliphatic heterocycles. The normalized spacial score (nSPS) is 13.6. The van der Waals surface area contributed by atoms with Crippen molar-refractivity contribution < 1.29 is 13.2 Å². The zero-order valence-electron chi connectivity index (χ0n) is 9.96. The Bertz CT molecular complexity index is 500. The van der Waals surface area contributed by atoms with E-state index in [1.54, 1.807) is 12.3 Å². The number of benzene rings is 1. The van der Waals surface area contributed by atoms with Crippen molar-refractivity contribution in [1.82, 2.24) is 4.98 Å². The lowest BCUT2D eigenvalue weighted by Crippen LogP contribution is -2.07. The van der Waals surface area contributed by atoms with Crippen molar-refractivity contribution in [2.45, 2.75) is 25.4 Å². The summed E-state index contributed by atoms with van der Waals surface area (Å²) in [7, 11) is 0. The lowest BCUT2D eigenvalue weighted by molar-refractivity contribution is -0.137. The van der Waals surface area contributed by atoms with Crippen LogP contribution in [-0.2, 0) is 6.18 Å². The van der Waals surface area contributed by atoms with Crippen LogP contribution in [0.5, 0.6) is 0 Å². The molecule has 1 N–H and O–H groups in total. The Morgan fingerprint density at radius 3 is 2.50 bits per heavy atom. The van der Waals surface area contributed by atoms with Crippen LogP contribution in [0, 0.1) is 0 Å². The summed E-state index contributed by atoms with van der Waals surface area (Å²) in [6.45, 7) is 1.96. The number of hydrogen-bond donors (Lipinski definition) is 1. The molecule has 96 valence electrons. The fourth-order valence-corrected chi connectivity index (χ4v) is 2.13. The highest BCUT2D eigenvalue weighted by molar-refractivity contribution is 5.33. The van der Waals surface area contributed by atoms with E-state index in [0.717, 1.165) is 18.2 Å². The van der Waals surface area contributed by atoms with Gasteiger partial charge >= 0.3 is 6.18 Å². The lowest BCUT2D eigenvalue weighted by atomic mass is 9.92. The van der Waals surface area contributed by atoms with Gasteiger partial charge in [0.15, 0.2) is 0 Å². The van der Waals surface area contributed by atoms with E-state index in [1.807, 2.05) is 19.1 Å². The summed E-state index contributed by atoms with van der Waals surface area (Å²) < 4.78 is 38.0. The second-order valence-electron chi connectivity index (χ2n) is 4.21. The SMILES string of the molecule is CCC(c1cccc(C(F)(F)F)c1)c1ccc[nH]1. The molecule has 1 unspecified atom stereocenters. The highest BCUT2D eigenvalue weighted by atomic mass is 19.4. The van der Waals surface area contributed by atoms with Crippen LogP contribution in [0.1, 0.15) is 36.1 Å². The van der Waals surface area contributed by atoms with Gasteiger partial charge in [0, 0.05) is 17.8 Å². The molecule has 18 heavy (non-hydrogen) atoms. The van der Waals surface area contributed by atoms with Crippen LogP contribution in [0.4, 0.5) is 13.2 Å². The largest absolute Gasteiger partial charge is 0.416 e. The molecule has 0 saturated heterocycles. The average molecular weight is 253 g/mol. The number of H-pyrrole nitrogens is 1. The summed E-state index contributed by atoms with van der Waals surface area (Å²) in [5.74, 6) is -0.0256. The Morgan fingerprint density at radius 1 is 1.17 bits per heavy atom. The minimum Gasteiger partial charge on any atom is -0.364 e. The molecule has 0 saturated carbocycles. The van der Waals surface area contributed by atoms with E-state index < -0.39 is 11.7 Å². The molecule has 0 fully saturated rings. The summed E-state index contributed by atoms with van der Waals surface area (Å²) in [6, 6.07) is 9.29. The van der Waals surface area contributed by atoms with Crippen molar-refractivity contribution in [1.29, 1.82) is 0 Å². The Labute approximate surface area is 104 Å².